The van der Waals surface area contributed by atoms with Crippen LogP contribution in [0.4, 0.5) is 5.82 Å². The lowest BCUT2D eigenvalue weighted by molar-refractivity contribution is 0.120. The first kappa shape index (κ1) is 21.7. The van der Waals surface area contributed by atoms with Crippen molar-refractivity contribution in [3.8, 4) is 0 Å². The molecule has 1 aromatic heterocycles. The van der Waals surface area contributed by atoms with Crippen molar-refractivity contribution in [2.75, 3.05) is 5.73 Å². The van der Waals surface area contributed by atoms with E-state index in [1.807, 2.05) is 30.3 Å². The highest BCUT2D eigenvalue weighted by molar-refractivity contribution is 7.72. The van der Waals surface area contributed by atoms with Crippen molar-refractivity contribution in [2.45, 2.75) is 37.3 Å². The molecule has 2 rings (SSSR count). The molecular formula is C14H22N4O7P2. The molecule has 0 aliphatic rings. The number of rotatable bonds is 9. The van der Waals surface area contributed by atoms with Gasteiger partial charge in [-0.25, -0.2) is 4.68 Å². The summed E-state index contributed by atoms with van der Waals surface area (Å²) in [7, 11) is -10.9. The summed E-state index contributed by atoms with van der Waals surface area (Å²) in [6.07, 6.45) is -0.299. The van der Waals surface area contributed by atoms with Crippen LogP contribution in [0.1, 0.15) is 30.5 Å². The lowest BCUT2D eigenvalue weighted by atomic mass is 10.1. The molecule has 7 N–H and O–H groups in total. The van der Waals surface area contributed by atoms with E-state index < -0.39 is 26.7 Å². The van der Waals surface area contributed by atoms with Gasteiger partial charge >= 0.3 is 15.2 Å². The Bertz CT molecular complexity index is 840. The zero-order chi connectivity index (χ0) is 20.3. The highest BCUT2D eigenvalue weighted by atomic mass is 31.2. The van der Waals surface area contributed by atoms with Gasteiger partial charge in [-0.15, -0.1) is 5.10 Å². The zero-order valence-corrected chi connectivity index (χ0v) is 16.1. The lowest BCUT2D eigenvalue weighted by Gasteiger charge is -2.29. The van der Waals surface area contributed by atoms with Crippen molar-refractivity contribution in [3.63, 3.8) is 0 Å². The second kappa shape index (κ2) is 8.20. The Labute approximate surface area is 155 Å². The molecule has 0 radical (unpaired) electrons. The molecule has 0 atom stereocenters. The van der Waals surface area contributed by atoms with Crippen molar-refractivity contribution in [1.29, 1.82) is 0 Å². The zero-order valence-electron chi connectivity index (χ0n) is 14.3. The average molecular weight is 420 g/mol. The molecule has 11 nitrogen and oxygen atoms in total. The molecule has 150 valence electrons. The third-order valence-electron chi connectivity index (χ3n) is 4.13. The van der Waals surface area contributed by atoms with Gasteiger partial charge in [0.1, 0.15) is 11.5 Å². The summed E-state index contributed by atoms with van der Waals surface area (Å²) >= 11 is 0. The predicted molar refractivity (Wildman–Crippen MR) is 96.6 cm³/mol. The van der Waals surface area contributed by atoms with Crippen LogP contribution in [0.15, 0.2) is 30.3 Å². The molecule has 0 spiro atoms. The maximum Gasteiger partial charge on any atom is 0.369 e. The largest absolute Gasteiger partial charge is 0.382 e. The number of aromatic nitrogens is 3. The van der Waals surface area contributed by atoms with Crippen LogP contribution in [0, 0.1) is 0 Å². The molecule has 0 amide bonds. The monoisotopic (exact) mass is 420 g/mol. The van der Waals surface area contributed by atoms with E-state index >= 15 is 0 Å². The van der Waals surface area contributed by atoms with Crippen LogP contribution >= 0.6 is 15.2 Å². The van der Waals surface area contributed by atoms with Gasteiger partial charge in [-0.2, -0.15) is 0 Å². The number of nitrogens with zero attached hydrogens (tertiary/aromatic N) is 3. The molecule has 2 aromatic rings. The Morgan fingerprint density at radius 1 is 1.04 bits per heavy atom. The Morgan fingerprint density at radius 2 is 1.63 bits per heavy atom. The van der Waals surface area contributed by atoms with E-state index in [1.54, 1.807) is 0 Å². The Balaban J connectivity index is 1.96. The number of hydrogen-bond acceptors (Lipinski definition) is 6. The summed E-state index contributed by atoms with van der Waals surface area (Å²) in [5.41, 5.74) is 7.44. The molecule has 0 bridgehead atoms. The molecule has 0 fully saturated rings. The molecular weight excluding hydrogens is 398 g/mol. The van der Waals surface area contributed by atoms with Gasteiger partial charge in [0.2, 0.25) is 0 Å². The number of benzene rings is 1. The van der Waals surface area contributed by atoms with E-state index in [0.29, 0.717) is 18.1 Å². The fourth-order valence-corrected chi connectivity index (χ4v) is 4.78. The van der Waals surface area contributed by atoms with Crippen LogP contribution in [-0.4, -0.2) is 44.8 Å². The minimum absolute atomic E-state index is 0.0578. The van der Waals surface area contributed by atoms with Crippen molar-refractivity contribution in [2.24, 2.45) is 0 Å². The first-order chi connectivity index (χ1) is 12.5. The second-order valence-electron chi connectivity index (χ2n) is 6.13. The van der Waals surface area contributed by atoms with E-state index in [1.165, 1.54) is 4.68 Å². The highest BCUT2D eigenvalue weighted by Crippen LogP contribution is 2.69. The molecule has 1 aromatic carbocycles. The van der Waals surface area contributed by atoms with E-state index in [-0.39, 0.29) is 19.3 Å². The molecule has 13 heteroatoms. The SMILES string of the molecule is Nc1c(CCCCC(O)(P(=O)(O)O)P(=O)(O)O)nnn1Cc1ccccc1. The Kier molecular flexibility index (Phi) is 6.59. The summed E-state index contributed by atoms with van der Waals surface area (Å²) in [4.78, 5) is 36.4. The van der Waals surface area contributed by atoms with Crippen molar-refractivity contribution in [3.05, 3.63) is 41.6 Å². The number of unbranched alkanes of at least 4 members (excludes halogenated alkanes) is 1. The maximum absolute atomic E-state index is 11.3. The van der Waals surface area contributed by atoms with Gasteiger partial charge in [0.25, 0.3) is 5.08 Å². The normalized spacial score (nSPS) is 13.1. The fourth-order valence-electron chi connectivity index (χ4n) is 2.52. The number of hydrogen-bond donors (Lipinski definition) is 6. The molecule has 0 unspecified atom stereocenters. The van der Waals surface area contributed by atoms with Gasteiger partial charge in [0, 0.05) is 0 Å². The van der Waals surface area contributed by atoms with Gasteiger partial charge in [0.05, 0.1) is 6.54 Å². The second-order valence-corrected chi connectivity index (χ2v) is 10.1. The lowest BCUT2D eigenvalue weighted by Crippen LogP contribution is -2.28. The minimum Gasteiger partial charge on any atom is -0.382 e. The predicted octanol–water partition coefficient (Wildman–Crippen LogP) is 0.623. The van der Waals surface area contributed by atoms with E-state index in [9.17, 15) is 14.2 Å². The third kappa shape index (κ3) is 5.03. The van der Waals surface area contributed by atoms with Crippen LogP contribution in [0.5, 0.6) is 0 Å². The van der Waals surface area contributed by atoms with Crippen LogP contribution in [-0.2, 0) is 22.1 Å². The first-order valence-electron chi connectivity index (χ1n) is 8.01. The summed E-state index contributed by atoms with van der Waals surface area (Å²) in [5.74, 6) is 0.332. The third-order valence-corrected chi connectivity index (χ3v) is 8.01. The van der Waals surface area contributed by atoms with Gasteiger partial charge in [0.15, 0.2) is 0 Å². The molecule has 0 saturated carbocycles. The molecule has 27 heavy (non-hydrogen) atoms. The highest BCUT2D eigenvalue weighted by Gasteiger charge is 2.58. The topological polar surface area (TPSA) is 192 Å². The average Bonchev–Trinajstić information content (AvgIpc) is 2.90. The Hall–Kier alpha value is -1.58. The molecule has 0 aliphatic heterocycles. The minimum atomic E-state index is -5.43. The Morgan fingerprint density at radius 3 is 2.19 bits per heavy atom. The van der Waals surface area contributed by atoms with Crippen molar-refractivity contribution < 1.29 is 33.8 Å². The maximum atomic E-state index is 11.3. The van der Waals surface area contributed by atoms with Crippen LogP contribution in [0.3, 0.4) is 0 Å². The van der Waals surface area contributed by atoms with Gasteiger partial charge in [-0.05, 0) is 31.2 Å². The molecule has 0 saturated heterocycles. The molecule has 0 aliphatic carbocycles. The van der Waals surface area contributed by atoms with Crippen molar-refractivity contribution >= 4 is 21.0 Å². The van der Waals surface area contributed by atoms with Crippen LogP contribution < -0.4 is 5.73 Å². The fraction of sp³-hybridized carbons (Fsp3) is 0.429. The van der Waals surface area contributed by atoms with Gasteiger partial charge in [-0.3, -0.25) is 9.13 Å². The van der Waals surface area contributed by atoms with Crippen molar-refractivity contribution in [1.82, 2.24) is 15.0 Å². The summed E-state index contributed by atoms with van der Waals surface area (Å²) in [6, 6.07) is 9.46. The van der Waals surface area contributed by atoms with Crippen LogP contribution in [0.25, 0.3) is 0 Å². The summed E-state index contributed by atoms with van der Waals surface area (Å²) < 4.78 is 24.1. The first-order valence-corrected chi connectivity index (χ1v) is 11.2. The summed E-state index contributed by atoms with van der Waals surface area (Å²) in [5, 5.41) is 14.4. The number of aliphatic hydroxyl groups is 1. The number of anilines is 1. The van der Waals surface area contributed by atoms with E-state index in [0.717, 1.165) is 5.56 Å². The quantitative estimate of drug-likeness (QED) is 0.247. The summed E-state index contributed by atoms with van der Waals surface area (Å²) in [6.45, 7) is 0.426. The van der Waals surface area contributed by atoms with Crippen LogP contribution in [0.2, 0.25) is 0 Å². The number of aryl methyl sites for hydroxylation is 1. The van der Waals surface area contributed by atoms with Gasteiger partial charge in [-0.1, -0.05) is 35.5 Å². The number of nitrogen functional groups attached to an aromatic ring is 1. The molecule has 1 heterocycles. The van der Waals surface area contributed by atoms with Gasteiger partial charge < -0.3 is 30.4 Å². The smallest absolute Gasteiger partial charge is 0.369 e. The number of nitrogens with two attached hydrogens (primary N) is 1. The standard InChI is InChI=1S/C14H22N4O7P2/c15-13-12(16-17-18(13)10-11-6-2-1-3-7-11)8-4-5-9-14(19,26(20,21)22)27(23,24)25/h1-3,6-7,19H,4-5,8-10,15H2,(H2,20,21,22)(H2,23,24,25). The van der Waals surface area contributed by atoms with E-state index in [4.69, 9.17) is 25.3 Å². The van der Waals surface area contributed by atoms with E-state index in [2.05, 4.69) is 10.3 Å².